The van der Waals surface area contributed by atoms with Gasteiger partial charge in [0.15, 0.2) is 69.8 Å². The molecule has 1 aliphatic carbocycles. The number of allylic oxidation sites excluding steroid dienone is 4. The van der Waals surface area contributed by atoms with Crippen molar-refractivity contribution in [1.29, 1.82) is 10.5 Å². The quantitative estimate of drug-likeness (QED) is 0.131. The Hall–Kier alpha value is -5.78. The van der Waals surface area contributed by atoms with Crippen LogP contribution in [0.25, 0.3) is 17.0 Å². The van der Waals surface area contributed by atoms with Crippen molar-refractivity contribution in [1.82, 2.24) is 0 Å². The Balaban J connectivity index is 2.27. The minimum Gasteiger partial charge on any atom is -0.398 e. The first kappa shape index (κ1) is 31.2. The molecule has 44 heavy (non-hydrogen) atoms. The molecule has 6 nitrogen and oxygen atoms in total. The number of nitriles is 2. The molecule has 1 fully saturated rings. The van der Waals surface area contributed by atoms with Crippen molar-refractivity contribution in [2.24, 2.45) is 11.5 Å². The van der Waals surface area contributed by atoms with E-state index in [-0.39, 0.29) is 0 Å². The van der Waals surface area contributed by atoms with Gasteiger partial charge in [0.2, 0.25) is 0 Å². The van der Waals surface area contributed by atoms with Crippen LogP contribution in [-0.2, 0) is 0 Å². The normalized spacial score (nSPS) is 16.0. The van der Waals surface area contributed by atoms with Crippen molar-refractivity contribution in [3.63, 3.8) is 0 Å². The lowest BCUT2D eigenvalue weighted by molar-refractivity contribution is 0.446. The van der Waals surface area contributed by atoms with Gasteiger partial charge >= 0.3 is 0 Å². The zero-order valence-corrected chi connectivity index (χ0v) is 20.7. The summed E-state index contributed by atoms with van der Waals surface area (Å²) in [6.07, 6.45) is 0. The molecule has 18 heteroatoms. The van der Waals surface area contributed by atoms with Crippen LogP contribution in [0.15, 0.2) is 16.7 Å². The van der Waals surface area contributed by atoms with Gasteiger partial charge < -0.3 is 22.9 Å². The summed E-state index contributed by atoms with van der Waals surface area (Å²) in [4.78, 5) is 0. The van der Waals surface area contributed by atoms with E-state index in [0.717, 1.165) is 12.1 Å². The van der Waals surface area contributed by atoms with E-state index in [0.29, 0.717) is 0 Å². The Morgan fingerprint density at radius 3 is 1.02 bits per heavy atom. The number of benzene rings is 3. The van der Waals surface area contributed by atoms with Gasteiger partial charge in [0.05, 0.1) is 33.7 Å². The predicted molar refractivity (Wildman–Crippen MR) is 127 cm³/mol. The van der Waals surface area contributed by atoms with Crippen LogP contribution in [0.4, 0.5) is 64.1 Å². The van der Waals surface area contributed by atoms with E-state index in [4.69, 9.17) is 28.2 Å². The summed E-state index contributed by atoms with van der Waals surface area (Å²) in [6.45, 7) is 0. The Morgan fingerprint density at radius 1 is 0.432 bits per heavy atom. The highest BCUT2D eigenvalue weighted by atomic mass is 19.2. The van der Waals surface area contributed by atoms with Gasteiger partial charge in [-0.05, 0) is 0 Å². The second kappa shape index (κ2) is 10.5. The fraction of sp³-hybridized carbons (Fsp3) is 0. The summed E-state index contributed by atoms with van der Waals surface area (Å²) in [5.41, 5.74) is 2.11. The number of hydrogen-bond donors (Lipinski definition) is 4. The van der Waals surface area contributed by atoms with Crippen molar-refractivity contribution >= 4 is 28.3 Å². The molecule has 0 unspecified atom stereocenters. The summed E-state index contributed by atoms with van der Waals surface area (Å²) in [7, 11) is 0. The Morgan fingerprint density at radius 2 is 0.727 bits per heavy atom. The van der Waals surface area contributed by atoms with E-state index in [9.17, 15) is 57.9 Å². The highest BCUT2D eigenvalue weighted by Crippen LogP contribution is 2.55. The van der Waals surface area contributed by atoms with Gasteiger partial charge in [0, 0.05) is 16.7 Å². The van der Waals surface area contributed by atoms with Crippen LogP contribution < -0.4 is 22.9 Å². The molecule has 0 spiro atoms. The standard InChI is InChI=1S/C26H8F12N6/c27-11-4(2-40)12(28)16(32)9(15(11)31)23(41)7-5(3(1-39)6-13(29)19(35)25(43)20(36)14(6)30)8(7)24(42)10-17(33)21(37)26(44)22(38)18(10)34/h41-44H2. The Kier molecular flexibility index (Phi) is 7.43. The average Bonchev–Trinajstić information content (AvgIpc) is 3.73. The summed E-state index contributed by atoms with van der Waals surface area (Å²) < 4.78 is 174. The highest BCUT2D eigenvalue weighted by molar-refractivity contribution is 6.08. The van der Waals surface area contributed by atoms with Gasteiger partial charge in [0.1, 0.15) is 29.1 Å². The molecule has 4 rings (SSSR count). The summed E-state index contributed by atoms with van der Waals surface area (Å²) in [6, 6.07) is 1.87. The number of nitrogens with two attached hydrogens (primary N) is 4. The molecule has 0 saturated heterocycles. The summed E-state index contributed by atoms with van der Waals surface area (Å²) >= 11 is 0. The largest absolute Gasteiger partial charge is 0.398 e. The lowest BCUT2D eigenvalue weighted by Crippen LogP contribution is -2.11. The third-order valence-corrected chi connectivity index (χ3v) is 6.35. The lowest BCUT2D eigenvalue weighted by atomic mass is 10.0. The summed E-state index contributed by atoms with van der Waals surface area (Å²) in [5, 5.41) is 18.5. The van der Waals surface area contributed by atoms with Gasteiger partial charge in [-0.3, -0.25) is 0 Å². The molecule has 0 radical (unpaired) electrons. The van der Waals surface area contributed by atoms with Crippen LogP contribution in [0.5, 0.6) is 0 Å². The molecule has 226 valence electrons. The third kappa shape index (κ3) is 4.14. The fourth-order valence-corrected chi connectivity index (χ4v) is 4.18. The molecule has 1 aliphatic rings. The number of nitrogen functional groups attached to an aromatic ring is 2. The maximum Gasteiger partial charge on any atom is 0.185 e. The van der Waals surface area contributed by atoms with Gasteiger partial charge in [-0.1, -0.05) is 0 Å². The van der Waals surface area contributed by atoms with E-state index < -0.39 is 137 Å². The molecule has 0 heterocycles. The maximum absolute atomic E-state index is 14.8. The van der Waals surface area contributed by atoms with Gasteiger partial charge in [-0.2, -0.15) is 10.5 Å². The molecule has 1 saturated carbocycles. The number of anilines is 2. The van der Waals surface area contributed by atoms with Crippen molar-refractivity contribution in [2.45, 2.75) is 0 Å². The lowest BCUT2D eigenvalue weighted by Gasteiger charge is -2.10. The number of nitrogens with zero attached hydrogens (tertiary/aromatic N) is 2. The van der Waals surface area contributed by atoms with Crippen LogP contribution in [0, 0.1) is 92.5 Å². The van der Waals surface area contributed by atoms with Crippen LogP contribution in [0.3, 0.4) is 0 Å². The van der Waals surface area contributed by atoms with Crippen LogP contribution in [0.1, 0.15) is 22.3 Å². The van der Waals surface area contributed by atoms with E-state index >= 15 is 0 Å². The fourth-order valence-electron chi connectivity index (χ4n) is 4.18. The number of rotatable bonds is 3. The zero-order valence-electron chi connectivity index (χ0n) is 20.7. The second-order valence-corrected chi connectivity index (χ2v) is 8.65. The van der Waals surface area contributed by atoms with E-state index in [2.05, 4.69) is 0 Å². The van der Waals surface area contributed by atoms with Crippen LogP contribution >= 0.6 is 0 Å². The molecule has 0 bridgehead atoms. The topological polar surface area (TPSA) is 152 Å². The van der Waals surface area contributed by atoms with Crippen molar-refractivity contribution < 1.29 is 52.7 Å². The molecule has 0 aromatic heterocycles. The molecular weight excluding hydrogens is 624 g/mol. The molecule has 3 aromatic rings. The first-order chi connectivity index (χ1) is 20.5. The molecule has 0 atom stereocenters. The van der Waals surface area contributed by atoms with Crippen LogP contribution in [0.2, 0.25) is 0 Å². The Bertz CT molecular complexity index is 1960. The molecule has 0 aliphatic heterocycles. The van der Waals surface area contributed by atoms with Crippen molar-refractivity contribution in [3.05, 3.63) is 109 Å². The summed E-state index contributed by atoms with van der Waals surface area (Å²) in [5.74, 6) is -27.8. The van der Waals surface area contributed by atoms with Gasteiger partial charge in [0.25, 0.3) is 0 Å². The SMILES string of the molecule is N#CC(=C1C(=C(N)c2c(F)c(F)c(N)c(F)c2F)C1=C(N)c1c(F)c(F)c(C#N)c(F)c1F)c1c(F)c(F)c(N)c(F)c1F. The average molecular weight is 632 g/mol. The first-order valence-electron chi connectivity index (χ1n) is 11.1. The van der Waals surface area contributed by atoms with Crippen LogP contribution in [-0.4, -0.2) is 0 Å². The van der Waals surface area contributed by atoms with Crippen molar-refractivity contribution in [3.8, 4) is 12.1 Å². The Labute approximate surface area is 236 Å². The minimum absolute atomic E-state index is 0.820. The van der Waals surface area contributed by atoms with Gasteiger partial charge in [-0.15, -0.1) is 0 Å². The van der Waals surface area contributed by atoms with E-state index in [1.807, 2.05) is 0 Å². The van der Waals surface area contributed by atoms with E-state index in [1.165, 1.54) is 0 Å². The number of halogens is 12. The van der Waals surface area contributed by atoms with Gasteiger partial charge in [-0.25, -0.2) is 52.7 Å². The molecule has 3 aromatic carbocycles. The highest BCUT2D eigenvalue weighted by Gasteiger charge is 2.45. The zero-order chi connectivity index (χ0) is 33.3. The van der Waals surface area contributed by atoms with E-state index in [1.54, 1.807) is 0 Å². The second-order valence-electron chi connectivity index (χ2n) is 8.65. The monoisotopic (exact) mass is 632 g/mol. The molecule has 0 amide bonds. The minimum atomic E-state index is -2.38. The number of hydrogen-bond acceptors (Lipinski definition) is 6. The smallest absolute Gasteiger partial charge is 0.185 e. The maximum atomic E-state index is 14.8. The third-order valence-electron chi connectivity index (χ3n) is 6.35. The molecular formula is C26H8F12N6. The predicted octanol–water partition coefficient (Wildman–Crippen LogP) is 5.42. The van der Waals surface area contributed by atoms with Crippen molar-refractivity contribution in [2.75, 3.05) is 11.5 Å². The molecule has 8 N–H and O–H groups in total. The first-order valence-corrected chi connectivity index (χ1v) is 11.1.